The van der Waals surface area contributed by atoms with E-state index in [2.05, 4.69) is 23.0 Å². The molecular formula is C10H8N2OY-2. The van der Waals surface area contributed by atoms with E-state index in [1.165, 1.54) is 0 Å². The maximum absolute atomic E-state index is 11.1. The molecule has 2 rings (SSSR count). The number of aromatic amines is 1. The van der Waals surface area contributed by atoms with Gasteiger partial charge in [-0.25, -0.2) is 5.56 Å². The number of nitrogens with zero attached hydrogens (tertiary/aromatic N) is 1. The van der Waals surface area contributed by atoms with Crippen LogP contribution in [0.2, 0.25) is 0 Å². The van der Waals surface area contributed by atoms with E-state index >= 15 is 0 Å². The summed E-state index contributed by atoms with van der Waals surface area (Å²) in [6, 6.07) is 6.41. The van der Waals surface area contributed by atoms with E-state index in [0.29, 0.717) is 12.1 Å². The quantitative estimate of drug-likeness (QED) is 0.781. The monoisotopic (exact) mass is 261 g/mol. The fraction of sp³-hybridized carbons (Fsp3) is 0.100. The molecule has 0 saturated carbocycles. The Morgan fingerprint density at radius 1 is 1.57 bits per heavy atom. The Morgan fingerprint density at radius 3 is 3.07 bits per heavy atom. The zero-order chi connectivity index (χ0) is 9.26. The third-order valence-electron chi connectivity index (χ3n) is 1.88. The summed E-state index contributed by atoms with van der Waals surface area (Å²) < 4.78 is 0. The molecule has 0 saturated heterocycles. The van der Waals surface area contributed by atoms with Crippen LogP contribution in [-0.2, 0) is 39.1 Å². The second kappa shape index (κ2) is 4.80. The van der Waals surface area contributed by atoms with Crippen LogP contribution in [0.25, 0.3) is 11.0 Å². The Labute approximate surface area is 107 Å². The number of nitrogens with one attached hydrogen (secondary N) is 1. The van der Waals surface area contributed by atoms with Gasteiger partial charge in [-0.1, -0.05) is 6.07 Å². The van der Waals surface area contributed by atoms with Gasteiger partial charge in [-0.2, -0.15) is 12.5 Å². The number of hydrogen-bond donors (Lipinski definition) is 1. The Balaban J connectivity index is 0.000000980. The Kier molecular flexibility index (Phi) is 3.96. The van der Waals surface area contributed by atoms with Gasteiger partial charge in [-0.05, 0) is 0 Å². The summed E-state index contributed by atoms with van der Waals surface area (Å²) in [4.78, 5) is 17.7. The van der Waals surface area contributed by atoms with Crippen molar-refractivity contribution in [2.45, 2.75) is 6.42 Å². The summed E-state index contributed by atoms with van der Waals surface area (Å²) in [6.07, 6.45) is 2.19. The van der Waals surface area contributed by atoms with Crippen LogP contribution in [0.15, 0.2) is 23.1 Å². The molecule has 3 nitrogen and oxygen atoms in total. The Bertz CT molecular complexity index is 493. The summed E-state index contributed by atoms with van der Waals surface area (Å²) in [5.41, 5.74) is 1.17. The van der Waals surface area contributed by atoms with Crippen molar-refractivity contribution in [2.24, 2.45) is 0 Å². The predicted molar refractivity (Wildman–Crippen MR) is 50.3 cm³/mol. The van der Waals surface area contributed by atoms with E-state index in [4.69, 9.17) is 0 Å². The van der Waals surface area contributed by atoms with Gasteiger partial charge in [-0.3, -0.25) is 9.78 Å². The largest absolute Gasteiger partial charge is 0.342 e. The third kappa shape index (κ3) is 2.10. The van der Waals surface area contributed by atoms with Gasteiger partial charge in [0.05, 0.1) is 5.65 Å². The fourth-order valence-electron chi connectivity index (χ4n) is 1.29. The summed E-state index contributed by atoms with van der Waals surface area (Å²) >= 11 is 0. The minimum absolute atomic E-state index is 0. The number of aromatic nitrogens is 2. The van der Waals surface area contributed by atoms with Crippen molar-refractivity contribution in [1.82, 2.24) is 9.97 Å². The normalized spacial score (nSPS) is 9.79. The van der Waals surface area contributed by atoms with Crippen molar-refractivity contribution < 1.29 is 32.7 Å². The van der Waals surface area contributed by atoms with Crippen LogP contribution in [0.3, 0.4) is 0 Å². The van der Waals surface area contributed by atoms with Crippen molar-refractivity contribution in [3.05, 3.63) is 47.2 Å². The minimum atomic E-state index is -0.246. The topological polar surface area (TPSA) is 45.8 Å². The SMILES string of the molecule is [CH2-]Cc1[c-]c(=O)[nH]c2ncccc12.[Y]. The molecule has 0 spiro atoms. The van der Waals surface area contributed by atoms with E-state index in [0.717, 1.165) is 10.9 Å². The van der Waals surface area contributed by atoms with Gasteiger partial charge in [0.25, 0.3) is 0 Å². The molecule has 0 aliphatic carbocycles. The average Bonchev–Trinajstić information content (AvgIpc) is 2.16. The molecule has 0 aliphatic rings. The van der Waals surface area contributed by atoms with E-state index < -0.39 is 0 Å². The van der Waals surface area contributed by atoms with Crippen molar-refractivity contribution in [3.63, 3.8) is 0 Å². The Morgan fingerprint density at radius 2 is 2.36 bits per heavy atom. The first-order valence-electron chi connectivity index (χ1n) is 3.99. The maximum atomic E-state index is 11.1. The average molecular weight is 261 g/mol. The predicted octanol–water partition coefficient (Wildman–Crippen LogP) is 1.10. The van der Waals surface area contributed by atoms with Gasteiger partial charge < -0.3 is 11.9 Å². The number of hydrogen-bond acceptors (Lipinski definition) is 2. The van der Waals surface area contributed by atoms with E-state index in [-0.39, 0.29) is 38.3 Å². The van der Waals surface area contributed by atoms with E-state index in [1.807, 2.05) is 12.1 Å². The van der Waals surface area contributed by atoms with Crippen LogP contribution in [0, 0.1) is 13.0 Å². The Hall–Kier alpha value is -0.536. The van der Waals surface area contributed by atoms with Gasteiger partial charge in [0.1, 0.15) is 0 Å². The van der Waals surface area contributed by atoms with Gasteiger partial charge in [0, 0.05) is 38.9 Å². The molecular weight excluding hydrogens is 253 g/mol. The molecule has 0 fully saturated rings. The first-order valence-corrected chi connectivity index (χ1v) is 3.99. The van der Waals surface area contributed by atoms with Gasteiger partial charge in [0.15, 0.2) is 5.56 Å². The molecule has 69 valence electrons. The molecule has 0 bridgehead atoms. The van der Waals surface area contributed by atoms with Crippen LogP contribution >= 0.6 is 0 Å². The van der Waals surface area contributed by atoms with Gasteiger partial charge in [0.2, 0.25) is 0 Å². The molecule has 0 atom stereocenters. The summed E-state index contributed by atoms with van der Waals surface area (Å²) in [7, 11) is 0. The first-order chi connectivity index (χ1) is 6.31. The summed E-state index contributed by atoms with van der Waals surface area (Å²) in [5.74, 6) is 0. The molecule has 0 aliphatic heterocycles. The minimum Gasteiger partial charge on any atom is -0.342 e. The van der Waals surface area contributed by atoms with Gasteiger partial charge >= 0.3 is 0 Å². The second-order valence-corrected chi connectivity index (χ2v) is 2.71. The van der Waals surface area contributed by atoms with E-state index in [1.54, 1.807) is 6.20 Å². The van der Waals surface area contributed by atoms with Crippen LogP contribution in [0.4, 0.5) is 0 Å². The molecule has 2 aromatic heterocycles. The fourth-order valence-corrected chi connectivity index (χ4v) is 1.29. The van der Waals surface area contributed by atoms with Crippen molar-refractivity contribution >= 4 is 11.0 Å². The molecule has 14 heavy (non-hydrogen) atoms. The molecule has 4 heteroatoms. The standard InChI is InChI=1S/C10H8N2O.Y/c1-2-7-6-9(13)12-10-8(7)4-3-5-11-10;/h3-5H,1-2H2,(H,11,12,13);/q-2;. The molecule has 0 unspecified atom stereocenters. The van der Waals surface area contributed by atoms with Crippen molar-refractivity contribution in [1.29, 1.82) is 0 Å². The first kappa shape index (κ1) is 11.5. The summed E-state index contributed by atoms with van der Waals surface area (Å²) in [6.45, 7) is 3.74. The van der Waals surface area contributed by atoms with Gasteiger partial charge in [-0.15, -0.1) is 11.5 Å². The number of pyridine rings is 2. The molecule has 0 amide bonds. The molecule has 2 aromatic rings. The van der Waals surface area contributed by atoms with Crippen LogP contribution < -0.4 is 5.56 Å². The molecule has 1 radical (unpaired) electrons. The smallest absolute Gasteiger partial charge is 0.157 e. The molecule has 0 aromatic carbocycles. The molecule has 2 heterocycles. The van der Waals surface area contributed by atoms with E-state index in [9.17, 15) is 4.79 Å². The van der Waals surface area contributed by atoms with Crippen LogP contribution in [0.5, 0.6) is 0 Å². The number of fused-ring (bicyclic) bond motifs is 1. The maximum Gasteiger partial charge on any atom is 0.157 e. The third-order valence-corrected chi connectivity index (χ3v) is 1.88. The summed E-state index contributed by atoms with van der Waals surface area (Å²) in [5, 5.41) is 0.914. The zero-order valence-corrected chi connectivity index (χ0v) is 10.4. The number of H-pyrrole nitrogens is 1. The zero-order valence-electron chi connectivity index (χ0n) is 7.58. The van der Waals surface area contributed by atoms with Crippen molar-refractivity contribution in [2.75, 3.05) is 0 Å². The molecule has 1 N–H and O–H groups in total. The van der Waals surface area contributed by atoms with Crippen molar-refractivity contribution in [3.8, 4) is 0 Å². The number of rotatable bonds is 1. The second-order valence-electron chi connectivity index (χ2n) is 2.71. The van der Waals surface area contributed by atoms with Crippen LogP contribution in [0.1, 0.15) is 5.56 Å². The van der Waals surface area contributed by atoms with Crippen LogP contribution in [-0.4, -0.2) is 9.97 Å².